The lowest BCUT2D eigenvalue weighted by atomic mass is 9.97. The van der Waals surface area contributed by atoms with Crippen molar-refractivity contribution < 1.29 is 9.90 Å². The van der Waals surface area contributed by atoms with E-state index in [0.717, 1.165) is 5.01 Å². The van der Waals surface area contributed by atoms with Gasteiger partial charge in [-0.25, -0.2) is 9.78 Å². The third-order valence-electron chi connectivity index (χ3n) is 2.24. The average molecular weight is 271 g/mol. The van der Waals surface area contributed by atoms with Gasteiger partial charge in [-0.3, -0.25) is 0 Å². The fourth-order valence-electron chi connectivity index (χ4n) is 1.32. The third kappa shape index (κ3) is 5.46. The molecule has 18 heavy (non-hydrogen) atoms. The first-order chi connectivity index (χ1) is 8.42. The Morgan fingerprint density at radius 2 is 2.28 bits per heavy atom. The molecule has 5 nitrogen and oxygen atoms in total. The molecule has 102 valence electrons. The number of nitrogens with one attached hydrogen (secondary N) is 1. The van der Waals surface area contributed by atoms with Gasteiger partial charge in [-0.2, -0.15) is 0 Å². The number of carbonyl (C=O) groups is 1. The minimum Gasteiger partial charge on any atom is -0.395 e. The van der Waals surface area contributed by atoms with E-state index in [0.29, 0.717) is 19.6 Å². The molecule has 2 N–H and O–H groups in total. The lowest BCUT2D eigenvalue weighted by molar-refractivity contribution is 0.170. The smallest absolute Gasteiger partial charge is 0.317 e. The number of aliphatic hydroxyl groups is 1. The van der Waals surface area contributed by atoms with Gasteiger partial charge in [0.25, 0.3) is 0 Å². The highest BCUT2D eigenvalue weighted by Gasteiger charge is 2.17. The van der Waals surface area contributed by atoms with Gasteiger partial charge < -0.3 is 15.3 Å². The second-order valence-electron chi connectivity index (χ2n) is 5.29. The summed E-state index contributed by atoms with van der Waals surface area (Å²) in [6, 6.07) is -0.158. The molecular formula is C12H21N3O2S. The number of nitrogens with zero attached hydrogens (tertiary/aromatic N) is 2. The number of amides is 2. The minimum atomic E-state index is -0.158. The van der Waals surface area contributed by atoms with E-state index in [2.05, 4.69) is 31.1 Å². The van der Waals surface area contributed by atoms with Gasteiger partial charge in [0.2, 0.25) is 0 Å². The van der Waals surface area contributed by atoms with Crippen molar-refractivity contribution in [2.24, 2.45) is 5.41 Å². The van der Waals surface area contributed by atoms with Crippen LogP contribution in [0.25, 0.3) is 0 Å². The summed E-state index contributed by atoms with van der Waals surface area (Å²) in [5, 5.41) is 14.6. The van der Waals surface area contributed by atoms with Gasteiger partial charge in [-0.05, 0) is 5.41 Å². The van der Waals surface area contributed by atoms with Crippen LogP contribution in [0.5, 0.6) is 0 Å². The number of hydrogen-bond donors (Lipinski definition) is 2. The van der Waals surface area contributed by atoms with Crippen LogP contribution in [0.2, 0.25) is 0 Å². The first-order valence-electron chi connectivity index (χ1n) is 5.94. The molecule has 0 fully saturated rings. The molecule has 0 aliphatic heterocycles. The van der Waals surface area contributed by atoms with Gasteiger partial charge in [0.1, 0.15) is 5.01 Å². The monoisotopic (exact) mass is 271 g/mol. The Bertz CT molecular complexity index is 360. The lowest BCUT2D eigenvalue weighted by Crippen LogP contribution is -2.43. The first-order valence-corrected chi connectivity index (χ1v) is 6.82. The van der Waals surface area contributed by atoms with E-state index in [1.54, 1.807) is 11.1 Å². The Morgan fingerprint density at radius 1 is 1.56 bits per heavy atom. The van der Waals surface area contributed by atoms with Crippen molar-refractivity contribution in [3.8, 4) is 0 Å². The summed E-state index contributed by atoms with van der Waals surface area (Å²) in [6.07, 6.45) is 1.71. The topological polar surface area (TPSA) is 65.5 Å². The Kier molecular flexibility index (Phi) is 5.55. The standard InChI is InChI=1S/C12H21N3O2S/c1-12(2,3)9-14-11(17)15(5-6-16)8-10-13-4-7-18-10/h4,7,16H,5-6,8-9H2,1-3H3,(H,14,17). The zero-order valence-electron chi connectivity index (χ0n) is 11.1. The van der Waals surface area contributed by atoms with Crippen LogP contribution >= 0.6 is 11.3 Å². The Morgan fingerprint density at radius 3 is 2.78 bits per heavy atom. The minimum absolute atomic E-state index is 0.0434. The van der Waals surface area contributed by atoms with Crippen molar-refractivity contribution in [1.29, 1.82) is 0 Å². The maximum absolute atomic E-state index is 12.0. The molecule has 0 saturated heterocycles. The molecule has 0 saturated carbocycles. The second-order valence-corrected chi connectivity index (χ2v) is 6.27. The van der Waals surface area contributed by atoms with Crippen LogP contribution in [-0.4, -0.2) is 40.7 Å². The first kappa shape index (κ1) is 14.9. The van der Waals surface area contributed by atoms with E-state index in [-0.39, 0.29) is 18.1 Å². The van der Waals surface area contributed by atoms with Crippen molar-refractivity contribution in [3.63, 3.8) is 0 Å². The summed E-state index contributed by atoms with van der Waals surface area (Å²) in [5.74, 6) is 0. The van der Waals surface area contributed by atoms with Crippen LogP contribution < -0.4 is 5.32 Å². The molecule has 0 atom stereocenters. The summed E-state index contributed by atoms with van der Waals surface area (Å²) >= 11 is 1.50. The maximum Gasteiger partial charge on any atom is 0.317 e. The van der Waals surface area contributed by atoms with Crippen LogP contribution in [0.1, 0.15) is 25.8 Å². The SMILES string of the molecule is CC(C)(C)CNC(=O)N(CCO)Cc1nccs1. The highest BCUT2D eigenvalue weighted by atomic mass is 32.1. The fourth-order valence-corrected chi connectivity index (χ4v) is 1.95. The maximum atomic E-state index is 12.0. The van der Waals surface area contributed by atoms with E-state index in [1.165, 1.54) is 11.3 Å². The Balaban J connectivity index is 2.52. The predicted octanol–water partition coefficient (Wildman–Crippen LogP) is 1.69. The summed E-state index contributed by atoms with van der Waals surface area (Å²) in [7, 11) is 0. The highest BCUT2D eigenvalue weighted by molar-refractivity contribution is 7.09. The second kappa shape index (κ2) is 6.70. The van der Waals surface area contributed by atoms with Crippen molar-refractivity contribution in [2.45, 2.75) is 27.3 Å². The number of urea groups is 1. The van der Waals surface area contributed by atoms with Gasteiger partial charge in [0.15, 0.2) is 0 Å². The quantitative estimate of drug-likeness (QED) is 0.856. The summed E-state index contributed by atoms with van der Waals surface area (Å²) in [4.78, 5) is 17.7. The number of hydrogen-bond acceptors (Lipinski definition) is 4. The van der Waals surface area contributed by atoms with Crippen LogP contribution in [0, 0.1) is 5.41 Å². The van der Waals surface area contributed by atoms with E-state index in [9.17, 15) is 4.79 Å². The molecule has 0 aliphatic carbocycles. The van der Waals surface area contributed by atoms with E-state index >= 15 is 0 Å². The zero-order valence-corrected chi connectivity index (χ0v) is 12.0. The lowest BCUT2D eigenvalue weighted by Gasteiger charge is -2.24. The molecule has 1 aromatic heterocycles. The van der Waals surface area contributed by atoms with Crippen molar-refractivity contribution >= 4 is 17.4 Å². The van der Waals surface area contributed by atoms with Gasteiger partial charge in [-0.1, -0.05) is 20.8 Å². The summed E-state index contributed by atoms with van der Waals surface area (Å²) < 4.78 is 0. The third-order valence-corrected chi connectivity index (χ3v) is 3.00. The predicted molar refractivity (Wildman–Crippen MR) is 72.5 cm³/mol. The number of aromatic nitrogens is 1. The van der Waals surface area contributed by atoms with E-state index in [1.807, 2.05) is 5.38 Å². The van der Waals surface area contributed by atoms with Crippen molar-refractivity contribution in [1.82, 2.24) is 15.2 Å². The Hall–Kier alpha value is -1.14. The van der Waals surface area contributed by atoms with Gasteiger partial charge in [0, 0.05) is 24.7 Å². The van der Waals surface area contributed by atoms with Gasteiger partial charge in [0.05, 0.1) is 13.2 Å². The molecular weight excluding hydrogens is 250 g/mol. The molecule has 0 radical (unpaired) electrons. The fraction of sp³-hybridized carbons (Fsp3) is 0.667. The van der Waals surface area contributed by atoms with Gasteiger partial charge >= 0.3 is 6.03 Å². The molecule has 0 bridgehead atoms. The number of aliphatic hydroxyl groups excluding tert-OH is 1. The number of rotatable bonds is 5. The van der Waals surface area contributed by atoms with Crippen molar-refractivity contribution in [3.05, 3.63) is 16.6 Å². The van der Waals surface area contributed by atoms with E-state index < -0.39 is 0 Å². The molecule has 0 aromatic carbocycles. The van der Waals surface area contributed by atoms with E-state index in [4.69, 9.17) is 5.11 Å². The summed E-state index contributed by atoms with van der Waals surface area (Å²) in [5.41, 5.74) is 0.0434. The normalized spacial score (nSPS) is 11.3. The molecule has 0 aliphatic rings. The molecule has 6 heteroatoms. The molecule has 1 heterocycles. The van der Waals surface area contributed by atoms with Crippen molar-refractivity contribution in [2.75, 3.05) is 19.7 Å². The Labute approximate surface area is 112 Å². The summed E-state index contributed by atoms with van der Waals surface area (Å²) in [6.45, 7) is 7.49. The van der Waals surface area contributed by atoms with Gasteiger partial charge in [-0.15, -0.1) is 11.3 Å². The molecule has 0 spiro atoms. The largest absolute Gasteiger partial charge is 0.395 e. The van der Waals surface area contributed by atoms with Crippen LogP contribution in [-0.2, 0) is 6.54 Å². The number of carbonyl (C=O) groups excluding carboxylic acids is 1. The average Bonchev–Trinajstić information content (AvgIpc) is 2.77. The van der Waals surface area contributed by atoms with Crippen LogP contribution in [0.3, 0.4) is 0 Å². The number of thiazole rings is 1. The van der Waals surface area contributed by atoms with Crippen LogP contribution in [0.4, 0.5) is 4.79 Å². The zero-order chi connectivity index (χ0) is 13.6. The highest BCUT2D eigenvalue weighted by Crippen LogP contribution is 2.12. The molecule has 1 rings (SSSR count). The molecule has 2 amide bonds. The molecule has 0 unspecified atom stereocenters. The van der Waals surface area contributed by atoms with Crippen LogP contribution in [0.15, 0.2) is 11.6 Å². The molecule has 1 aromatic rings.